The molecule has 2 aromatic carbocycles. The highest BCUT2D eigenvalue weighted by atomic mass is 19.1. The first-order valence-electron chi connectivity index (χ1n) is 10.3. The zero-order valence-corrected chi connectivity index (χ0v) is 17.4. The third-order valence-corrected chi connectivity index (χ3v) is 5.64. The quantitative estimate of drug-likeness (QED) is 0.657. The Kier molecular flexibility index (Phi) is 6.27. The van der Waals surface area contributed by atoms with Crippen LogP contribution in [0.3, 0.4) is 0 Å². The van der Waals surface area contributed by atoms with Crippen LogP contribution in [-0.2, 0) is 17.9 Å². The number of piperidine rings is 1. The van der Waals surface area contributed by atoms with Gasteiger partial charge in [-0.05, 0) is 37.1 Å². The molecule has 1 saturated heterocycles. The minimum atomic E-state index is -0.506. The van der Waals surface area contributed by atoms with E-state index in [4.69, 9.17) is 4.74 Å². The molecule has 1 aliphatic rings. The molecule has 31 heavy (non-hydrogen) atoms. The predicted molar refractivity (Wildman–Crippen MR) is 115 cm³/mol. The smallest absolute Gasteiger partial charge is 0.261 e. The maximum Gasteiger partial charge on any atom is 0.261 e. The van der Waals surface area contributed by atoms with Crippen molar-refractivity contribution in [1.82, 2.24) is 19.8 Å². The summed E-state index contributed by atoms with van der Waals surface area (Å²) in [5.41, 5.74) is 1.13. The second-order valence-corrected chi connectivity index (χ2v) is 7.77. The lowest BCUT2D eigenvalue weighted by molar-refractivity contribution is -0.122. The highest BCUT2D eigenvalue weighted by molar-refractivity contribution is 5.79. The van der Waals surface area contributed by atoms with Gasteiger partial charge in [0.1, 0.15) is 18.1 Å². The molecule has 3 aromatic rings. The molecule has 2 heterocycles. The average molecular weight is 424 g/mol. The Balaban J connectivity index is 1.32. The van der Waals surface area contributed by atoms with Crippen molar-refractivity contribution >= 4 is 16.8 Å². The number of rotatable bonds is 6. The Hall–Kier alpha value is -3.26. The maximum absolute atomic E-state index is 13.5. The summed E-state index contributed by atoms with van der Waals surface area (Å²) in [6.07, 6.45) is 2.99. The van der Waals surface area contributed by atoms with Gasteiger partial charge in [0.05, 0.1) is 24.3 Å². The van der Waals surface area contributed by atoms with E-state index in [9.17, 15) is 14.0 Å². The summed E-state index contributed by atoms with van der Waals surface area (Å²) in [6, 6.07) is 11.9. The number of benzene rings is 2. The molecule has 1 N–H and O–H groups in total. The van der Waals surface area contributed by atoms with Gasteiger partial charge in [0.15, 0.2) is 0 Å². The van der Waals surface area contributed by atoms with E-state index in [0.29, 0.717) is 5.52 Å². The van der Waals surface area contributed by atoms with Crippen molar-refractivity contribution in [2.75, 3.05) is 20.2 Å². The second-order valence-electron chi connectivity index (χ2n) is 7.77. The summed E-state index contributed by atoms with van der Waals surface area (Å²) in [5, 5.41) is 3.18. The molecule has 0 aliphatic carbocycles. The van der Waals surface area contributed by atoms with E-state index in [1.165, 1.54) is 23.0 Å². The molecule has 0 unspecified atom stereocenters. The number of hydrogen-bond donors (Lipinski definition) is 1. The van der Waals surface area contributed by atoms with Gasteiger partial charge in [-0.1, -0.05) is 18.2 Å². The molecular weight excluding hydrogens is 399 g/mol. The number of amides is 1. The number of hydrogen-bond acceptors (Lipinski definition) is 5. The molecule has 162 valence electrons. The zero-order chi connectivity index (χ0) is 21.8. The van der Waals surface area contributed by atoms with Gasteiger partial charge in [0, 0.05) is 31.2 Å². The van der Waals surface area contributed by atoms with Crippen LogP contribution in [0.15, 0.2) is 53.6 Å². The number of ether oxygens (including phenoxy) is 1. The number of methoxy groups -OCH3 is 1. The Labute approximate surface area is 179 Å². The van der Waals surface area contributed by atoms with Gasteiger partial charge in [-0.3, -0.25) is 19.1 Å². The maximum atomic E-state index is 13.5. The van der Waals surface area contributed by atoms with Gasteiger partial charge >= 0.3 is 0 Å². The van der Waals surface area contributed by atoms with Crippen molar-refractivity contribution in [3.8, 4) is 5.75 Å². The van der Waals surface area contributed by atoms with Crippen LogP contribution in [-0.4, -0.2) is 46.6 Å². The van der Waals surface area contributed by atoms with Crippen LogP contribution in [0.5, 0.6) is 5.75 Å². The number of carbonyl (C=O) groups excluding carboxylic acids is 1. The molecule has 4 rings (SSSR count). The molecule has 7 nitrogen and oxygen atoms in total. The van der Waals surface area contributed by atoms with Gasteiger partial charge in [-0.25, -0.2) is 9.37 Å². The summed E-state index contributed by atoms with van der Waals surface area (Å²) >= 11 is 0. The Bertz CT molecular complexity index is 1140. The van der Waals surface area contributed by atoms with Gasteiger partial charge in [-0.15, -0.1) is 0 Å². The number of carbonyl (C=O) groups is 1. The van der Waals surface area contributed by atoms with Crippen LogP contribution in [0.1, 0.15) is 18.4 Å². The molecular formula is C23H25FN4O3. The summed E-state index contributed by atoms with van der Waals surface area (Å²) in [5.74, 6) is 0.128. The van der Waals surface area contributed by atoms with E-state index in [1.54, 1.807) is 7.11 Å². The highest BCUT2D eigenvalue weighted by Gasteiger charge is 2.22. The van der Waals surface area contributed by atoms with Crippen LogP contribution < -0.4 is 15.6 Å². The van der Waals surface area contributed by atoms with Gasteiger partial charge < -0.3 is 10.1 Å². The minimum Gasteiger partial charge on any atom is -0.496 e. The molecule has 1 amide bonds. The van der Waals surface area contributed by atoms with E-state index >= 15 is 0 Å². The first kappa shape index (κ1) is 21.0. The third kappa shape index (κ3) is 4.91. The fourth-order valence-corrected chi connectivity index (χ4v) is 3.98. The number of nitrogens with one attached hydrogen (secondary N) is 1. The van der Waals surface area contributed by atoms with Crippen LogP contribution in [0.2, 0.25) is 0 Å². The van der Waals surface area contributed by atoms with E-state index in [0.717, 1.165) is 49.9 Å². The third-order valence-electron chi connectivity index (χ3n) is 5.64. The van der Waals surface area contributed by atoms with E-state index in [1.807, 2.05) is 18.2 Å². The topological polar surface area (TPSA) is 76.5 Å². The molecule has 1 aromatic heterocycles. The molecule has 1 fully saturated rings. The molecule has 0 radical (unpaired) electrons. The van der Waals surface area contributed by atoms with Crippen molar-refractivity contribution in [3.63, 3.8) is 0 Å². The number of halogens is 1. The standard InChI is InChI=1S/C23H25FN4O3/c1-31-21-5-3-2-4-16(21)13-27-10-8-18(9-11-27)26-22(29)14-28-15-25-20-7-6-17(24)12-19(20)23(28)30/h2-7,12,15,18H,8-11,13-14H2,1H3,(H,26,29). The van der Waals surface area contributed by atoms with Crippen LogP contribution in [0, 0.1) is 5.82 Å². The van der Waals surface area contributed by atoms with Crippen molar-refractivity contribution in [2.45, 2.75) is 32.0 Å². The summed E-state index contributed by atoms with van der Waals surface area (Å²) < 4.78 is 20.1. The lowest BCUT2D eigenvalue weighted by Gasteiger charge is -2.32. The van der Waals surface area contributed by atoms with E-state index in [2.05, 4.69) is 21.3 Å². The van der Waals surface area contributed by atoms with Crippen molar-refractivity contribution in [1.29, 1.82) is 0 Å². The van der Waals surface area contributed by atoms with Crippen molar-refractivity contribution < 1.29 is 13.9 Å². The number of fused-ring (bicyclic) bond motifs is 1. The fraction of sp³-hybridized carbons (Fsp3) is 0.348. The molecule has 0 spiro atoms. The summed E-state index contributed by atoms with van der Waals surface area (Å²) in [6.45, 7) is 2.39. The van der Waals surface area contributed by atoms with E-state index in [-0.39, 0.29) is 23.9 Å². The van der Waals surface area contributed by atoms with Gasteiger partial charge in [0.25, 0.3) is 5.56 Å². The molecule has 8 heteroatoms. The largest absolute Gasteiger partial charge is 0.496 e. The number of nitrogens with zero attached hydrogens (tertiary/aromatic N) is 3. The molecule has 0 saturated carbocycles. The molecule has 1 aliphatic heterocycles. The fourth-order valence-electron chi connectivity index (χ4n) is 3.98. The summed E-state index contributed by atoms with van der Waals surface area (Å²) in [7, 11) is 1.67. The lowest BCUT2D eigenvalue weighted by atomic mass is 10.0. The first-order chi connectivity index (χ1) is 15.0. The first-order valence-corrected chi connectivity index (χ1v) is 10.3. The lowest BCUT2D eigenvalue weighted by Crippen LogP contribution is -2.45. The molecule has 0 bridgehead atoms. The normalized spacial score (nSPS) is 15.2. The minimum absolute atomic E-state index is 0.0583. The number of para-hydroxylation sites is 1. The zero-order valence-electron chi connectivity index (χ0n) is 17.4. The highest BCUT2D eigenvalue weighted by Crippen LogP contribution is 2.21. The SMILES string of the molecule is COc1ccccc1CN1CCC(NC(=O)Cn2cnc3ccc(F)cc3c2=O)CC1. The number of aromatic nitrogens is 2. The van der Waals surface area contributed by atoms with Crippen LogP contribution in [0.25, 0.3) is 10.9 Å². The summed E-state index contributed by atoms with van der Waals surface area (Å²) in [4.78, 5) is 31.5. The van der Waals surface area contributed by atoms with Crippen LogP contribution >= 0.6 is 0 Å². The Morgan fingerprint density at radius 3 is 2.77 bits per heavy atom. The Morgan fingerprint density at radius 1 is 1.23 bits per heavy atom. The Morgan fingerprint density at radius 2 is 2.00 bits per heavy atom. The van der Waals surface area contributed by atoms with Gasteiger partial charge in [0.2, 0.25) is 5.91 Å². The monoisotopic (exact) mass is 424 g/mol. The second kappa shape index (κ2) is 9.26. The van der Waals surface area contributed by atoms with Crippen molar-refractivity contribution in [2.24, 2.45) is 0 Å². The molecule has 0 atom stereocenters. The van der Waals surface area contributed by atoms with Gasteiger partial charge in [-0.2, -0.15) is 0 Å². The van der Waals surface area contributed by atoms with Crippen molar-refractivity contribution in [3.05, 3.63) is 70.5 Å². The number of likely N-dealkylation sites (tertiary alicyclic amines) is 1. The van der Waals surface area contributed by atoms with Crippen LogP contribution in [0.4, 0.5) is 4.39 Å². The predicted octanol–water partition coefficient (Wildman–Crippen LogP) is 2.33. The van der Waals surface area contributed by atoms with E-state index < -0.39 is 11.4 Å². The average Bonchev–Trinajstić information content (AvgIpc) is 2.78.